The van der Waals surface area contributed by atoms with Crippen LogP contribution in [0.25, 0.3) is 0 Å². The highest BCUT2D eigenvalue weighted by Gasteiger charge is 2.59. The molecule has 1 atom stereocenters. The minimum absolute atomic E-state index is 0.120. The zero-order chi connectivity index (χ0) is 22.5. The second-order valence-corrected chi connectivity index (χ2v) is 8.35. The molecule has 0 radical (unpaired) electrons. The monoisotopic (exact) mass is 449 g/mol. The number of hydrogen-bond acceptors (Lipinski definition) is 3. The van der Waals surface area contributed by atoms with Crippen molar-refractivity contribution in [2.75, 3.05) is 21.7 Å². The van der Waals surface area contributed by atoms with Gasteiger partial charge in [-0.15, -0.1) is 0 Å². The van der Waals surface area contributed by atoms with Gasteiger partial charge in [-0.05, 0) is 42.8 Å². The maximum atomic E-state index is 14.1. The highest BCUT2D eigenvalue weighted by atomic mass is 35.5. The first-order valence-corrected chi connectivity index (χ1v) is 10.9. The van der Waals surface area contributed by atoms with Gasteiger partial charge in [-0.2, -0.15) is 0 Å². The van der Waals surface area contributed by atoms with Gasteiger partial charge in [0, 0.05) is 23.5 Å². The minimum atomic E-state index is -1.50. The summed E-state index contributed by atoms with van der Waals surface area (Å²) in [6.07, 6.45) is 1.74. The third-order valence-electron chi connectivity index (χ3n) is 6.05. The zero-order valence-corrected chi connectivity index (χ0v) is 18.2. The number of nitrogens with zero attached hydrogens (tertiary/aromatic N) is 2. The normalized spacial score (nSPS) is 19.2. The van der Waals surface area contributed by atoms with Gasteiger partial charge in [-0.25, -0.2) is 4.39 Å². The van der Waals surface area contributed by atoms with Crippen LogP contribution in [0, 0.1) is 5.82 Å². The predicted molar refractivity (Wildman–Crippen MR) is 124 cm³/mol. The molecule has 0 aromatic heterocycles. The predicted octanol–water partition coefficient (Wildman–Crippen LogP) is 5.55. The SMILES string of the molecule is CCCCN1C(=O)[C@@]2(Nc3ccccc3C(=O)N2c2ccc(F)c(Cl)c2)c2ccccc21. The molecule has 0 saturated heterocycles. The Labute approximate surface area is 190 Å². The molecule has 3 aromatic carbocycles. The Morgan fingerprint density at radius 1 is 1.03 bits per heavy atom. The number of carbonyl (C=O) groups excluding carboxylic acids is 2. The molecule has 5 rings (SSSR count). The van der Waals surface area contributed by atoms with Gasteiger partial charge in [0.2, 0.25) is 5.66 Å². The Balaban J connectivity index is 1.78. The van der Waals surface area contributed by atoms with Crippen molar-refractivity contribution < 1.29 is 14.0 Å². The summed E-state index contributed by atoms with van der Waals surface area (Å²) in [5.41, 5.74) is 1.26. The number of hydrogen-bond donors (Lipinski definition) is 1. The van der Waals surface area contributed by atoms with Gasteiger partial charge >= 0.3 is 0 Å². The summed E-state index contributed by atoms with van der Waals surface area (Å²) in [5.74, 6) is -1.21. The molecule has 2 amide bonds. The van der Waals surface area contributed by atoms with Gasteiger partial charge in [0.15, 0.2) is 0 Å². The smallest absolute Gasteiger partial charge is 0.279 e. The number of rotatable bonds is 4. The molecule has 32 heavy (non-hydrogen) atoms. The van der Waals surface area contributed by atoms with Crippen molar-refractivity contribution in [1.82, 2.24) is 0 Å². The molecule has 5 nitrogen and oxygen atoms in total. The third kappa shape index (κ3) is 2.83. The maximum Gasteiger partial charge on any atom is 0.279 e. The van der Waals surface area contributed by atoms with E-state index in [4.69, 9.17) is 11.6 Å². The number of benzene rings is 3. The van der Waals surface area contributed by atoms with Crippen molar-refractivity contribution in [3.63, 3.8) is 0 Å². The number of para-hydroxylation sites is 2. The number of carbonyl (C=O) groups is 2. The van der Waals surface area contributed by atoms with Crippen molar-refractivity contribution in [2.45, 2.75) is 25.4 Å². The molecule has 7 heteroatoms. The first-order chi connectivity index (χ1) is 15.5. The quantitative estimate of drug-likeness (QED) is 0.568. The average Bonchev–Trinajstić information content (AvgIpc) is 3.03. The van der Waals surface area contributed by atoms with Crippen molar-refractivity contribution in [3.8, 4) is 0 Å². The lowest BCUT2D eigenvalue weighted by atomic mass is 9.92. The van der Waals surface area contributed by atoms with E-state index >= 15 is 0 Å². The summed E-state index contributed by atoms with van der Waals surface area (Å²) in [5, 5.41) is 3.26. The van der Waals surface area contributed by atoms with Crippen molar-refractivity contribution in [3.05, 3.63) is 88.7 Å². The van der Waals surface area contributed by atoms with Gasteiger partial charge in [-0.3, -0.25) is 14.5 Å². The summed E-state index contributed by atoms with van der Waals surface area (Å²) in [6.45, 7) is 2.59. The molecule has 1 spiro atoms. The number of halogens is 2. The summed E-state index contributed by atoms with van der Waals surface area (Å²) in [6, 6.07) is 18.6. The molecule has 0 fully saturated rings. The highest BCUT2D eigenvalue weighted by molar-refractivity contribution is 6.31. The largest absolute Gasteiger partial charge is 0.350 e. The number of nitrogens with one attached hydrogen (secondary N) is 1. The first-order valence-electron chi connectivity index (χ1n) is 10.6. The fourth-order valence-corrected chi connectivity index (χ4v) is 4.72. The highest BCUT2D eigenvalue weighted by Crippen LogP contribution is 2.49. The van der Waals surface area contributed by atoms with Crippen molar-refractivity contribution in [2.24, 2.45) is 0 Å². The number of amides is 2. The number of fused-ring (bicyclic) bond motifs is 3. The summed E-state index contributed by atoms with van der Waals surface area (Å²) in [4.78, 5) is 31.1. The van der Waals surface area contributed by atoms with E-state index in [1.165, 1.54) is 23.1 Å². The minimum Gasteiger partial charge on any atom is -0.350 e. The standard InChI is InChI=1S/C25H21ClFN3O2/c1-2-3-14-29-22-11-7-5-9-18(22)25(24(29)32)28-21-10-6-4-8-17(21)23(31)30(25)16-12-13-20(27)19(26)15-16/h4-13,15,28H,2-3,14H2,1H3/t25-/m1/s1. The van der Waals surface area contributed by atoms with Crippen LogP contribution in [0.3, 0.4) is 0 Å². The number of unbranched alkanes of at least 4 members (excludes halogenated alkanes) is 1. The van der Waals surface area contributed by atoms with Gasteiger partial charge in [0.25, 0.3) is 11.8 Å². The molecule has 2 aliphatic rings. The molecule has 0 aliphatic carbocycles. The van der Waals surface area contributed by atoms with E-state index in [1.807, 2.05) is 30.3 Å². The fraction of sp³-hybridized carbons (Fsp3) is 0.200. The zero-order valence-electron chi connectivity index (χ0n) is 17.4. The van der Waals surface area contributed by atoms with E-state index in [-0.39, 0.29) is 16.8 Å². The Morgan fingerprint density at radius 2 is 1.78 bits per heavy atom. The first kappa shape index (κ1) is 20.5. The van der Waals surface area contributed by atoms with Gasteiger partial charge in [-0.1, -0.05) is 55.3 Å². The Kier molecular flexibility index (Phi) is 4.90. The Hall–Kier alpha value is -3.38. The Bertz CT molecular complexity index is 1250. The van der Waals surface area contributed by atoms with Gasteiger partial charge < -0.3 is 10.2 Å². The van der Waals surface area contributed by atoms with Crippen LogP contribution in [0.5, 0.6) is 0 Å². The van der Waals surface area contributed by atoms with Crippen LogP contribution in [0.4, 0.5) is 21.5 Å². The van der Waals surface area contributed by atoms with E-state index in [9.17, 15) is 14.0 Å². The summed E-state index contributed by atoms with van der Waals surface area (Å²) < 4.78 is 14.0. The second-order valence-electron chi connectivity index (χ2n) is 7.95. The molecule has 162 valence electrons. The van der Waals surface area contributed by atoms with Gasteiger partial charge in [0.05, 0.1) is 16.3 Å². The van der Waals surface area contributed by atoms with E-state index in [0.717, 1.165) is 18.5 Å². The molecule has 0 bridgehead atoms. The molecule has 0 saturated carbocycles. The molecular formula is C25H21ClFN3O2. The fourth-order valence-electron chi connectivity index (χ4n) is 4.55. The third-order valence-corrected chi connectivity index (χ3v) is 6.34. The lowest BCUT2D eigenvalue weighted by Crippen LogP contribution is -2.63. The molecule has 0 unspecified atom stereocenters. The van der Waals surface area contributed by atoms with Crippen molar-refractivity contribution >= 4 is 40.5 Å². The molecule has 1 N–H and O–H groups in total. The van der Waals surface area contributed by atoms with Crippen LogP contribution >= 0.6 is 11.6 Å². The summed E-state index contributed by atoms with van der Waals surface area (Å²) >= 11 is 6.08. The van der Waals surface area contributed by atoms with Crippen LogP contribution in [-0.2, 0) is 10.5 Å². The van der Waals surface area contributed by atoms with Crippen LogP contribution in [0.1, 0.15) is 35.7 Å². The molecule has 3 aromatic rings. The second kappa shape index (κ2) is 7.64. The number of anilines is 3. The van der Waals surface area contributed by atoms with E-state index in [1.54, 1.807) is 23.1 Å². The Morgan fingerprint density at radius 3 is 2.56 bits per heavy atom. The van der Waals surface area contributed by atoms with Crippen LogP contribution in [0.15, 0.2) is 66.7 Å². The maximum absolute atomic E-state index is 14.1. The molecule has 2 heterocycles. The molecular weight excluding hydrogens is 429 g/mol. The van der Waals surface area contributed by atoms with Crippen LogP contribution < -0.4 is 15.1 Å². The van der Waals surface area contributed by atoms with Crippen LogP contribution in [0.2, 0.25) is 5.02 Å². The van der Waals surface area contributed by atoms with Crippen LogP contribution in [-0.4, -0.2) is 18.4 Å². The van der Waals surface area contributed by atoms with Crippen molar-refractivity contribution in [1.29, 1.82) is 0 Å². The van der Waals surface area contributed by atoms with Gasteiger partial charge in [0.1, 0.15) is 5.82 Å². The van der Waals surface area contributed by atoms with E-state index in [2.05, 4.69) is 12.2 Å². The topological polar surface area (TPSA) is 52.7 Å². The van der Waals surface area contributed by atoms with E-state index < -0.39 is 11.5 Å². The summed E-state index contributed by atoms with van der Waals surface area (Å²) in [7, 11) is 0. The average molecular weight is 450 g/mol. The molecule has 2 aliphatic heterocycles. The lowest BCUT2D eigenvalue weighted by molar-refractivity contribution is -0.122. The van der Waals surface area contributed by atoms with E-state index in [0.29, 0.717) is 29.0 Å². The lowest BCUT2D eigenvalue weighted by Gasteiger charge is -2.45.